The second-order valence-corrected chi connectivity index (χ2v) is 6.92. The predicted molar refractivity (Wildman–Crippen MR) is 103 cm³/mol. The number of amides is 1. The zero-order valence-electron chi connectivity index (χ0n) is 13.0. The van der Waals surface area contributed by atoms with E-state index in [4.69, 9.17) is 12.2 Å². The minimum absolute atomic E-state index is 0.188. The van der Waals surface area contributed by atoms with Gasteiger partial charge in [0, 0.05) is 0 Å². The molecule has 3 nitrogen and oxygen atoms in total. The van der Waals surface area contributed by atoms with E-state index in [2.05, 4.69) is 25.1 Å². The Morgan fingerprint density at radius 2 is 1.92 bits per heavy atom. The number of para-hydroxylation sites is 1. The molecule has 0 aliphatic carbocycles. The van der Waals surface area contributed by atoms with Gasteiger partial charge in [0.1, 0.15) is 6.07 Å². The first-order chi connectivity index (χ1) is 11.6. The van der Waals surface area contributed by atoms with E-state index < -0.39 is 0 Å². The number of thioether (sulfide) groups is 1. The number of thiocarbonyl (C=S) groups is 1. The van der Waals surface area contributed by atoms with Gasteiger partial charge in [0.25, 0.3) is 5.91 Å². The third-order valence-corrected chi connectivity index (χ3v) is 5.05. The molecule has 1 amide bonds. The molecule has 1 fully saturated rings. The SMILES string of the molecule is CCc1ccc(/C=C2\SC(=S)N(c3ccccc3C#N)C2=O)cc1. The van der Waals surface area contributed by atoms with Crippen molar-refractivity contribution in [3.05, 3.63) is 70.1 Å². The molecular formula is C19H14N2OS2. The number of aryl methyl sites for hydroxylation is 1. The maximum atomic E-state index is 12.8. The molecule has 0 atom stereocenters. The van der Waals surface area contributed by atoms with E-state index in [9.17, 15) is 10.1 Å². The topological polar surface area (TPSA) is 44.1 Å². The van der Waals surface area contributed by atoms with Crippen LogP contribution in [0.5, 0.6) is 0 Å². The lowest BCUT2D eigenvalue weighted by atomic mass is 10.1. The van der Waals surface area contributed by atoms with Gasteiger partial charge < -0.3 is 0 Å². The van der Waals surface area contributed by atoms with Crippen molar-refractivity contribution in [2.45, 2.75) is 13.3 Å². The first kappa shape index (κ1) is 16.4. The molecule has 1 saturated heterocycles. The summed E-state index contributed by atoms with van der Waals surface area (Å²) < 4.78 is 0.444. The Hall–Kier alpha value is -2.42. The molecule has 0 aromatic heterocycles. The summed E-state index contributed by atoms with van der Waals surface area (Å²) in [6.45, 7) is 2.10. The normalized spacial score (nSPS) is 15.8. The van der Waals surface area contributed by atoms with Crippen LogP contribution in [0.25, 0.3) is 6.08 Å². The van der Waals surface area contributed by atoms with Gasteiger partial charge in [0.05, 0.1) is 16.2 Å². The first-order valence-corrected chi connectivity index (χ1v) is 8.72. The summed E-state index contributed by atoms with van der Waals surface area (Å²) in [6, 6.07) is 17.2. The number of benzene rings is 2. The van der Waals surface area contributed by atoms with Crippen LogP contribution in [0.1, 0.15) is 23.6 Å². The largest absolute Gasteiger partial charge is 0.270 e. The van der Waals surface area contributed by atoms with Gasteiger partial charge in [-0.15, -0.1) is 0 Å². The fourth-order valence-corrected chi connectivity index (χ4v) is 3.72. The Kier molecular flexibility index (Phi) is 4.79. The summed E-state index contributed by atoms with van der Waals surface area (Å²) in [5.74, 6) is -0.188. The standard InChI is InChI=1S/C19H14N2OS2/c1-2-13-7-9-14(10-8-13)11-17-18(22)21(19(23)24-17)16-6-4-3-5-15(16)12-20/h3-11H,2H2,1H3/b17-11-. The summed E-state index contributed by atoms with van der Waals surface area (Å²) in [5, 5.41) is 9.25. The van der Waals surface area contributed by atoms with E-state index in [1.54, 1.807) is 24.3 Å². The van der Waals surface area contributed by atoms with E-state index in [1.807, 2.05) is 18.2 Å². The number of hydrogen-bond donors (Lipinski definition) is 0. The van der Waals surface area contributed by atoms with E-state index in [0.29, 0.717) is 20.5 Å². The van der Waals surface area contributed by atoms with Crippen molar-refractivity contribution >= 4 is 46.0 Å². The number of nitrogens with zero attached hydrogens (tertiary/aromatic N) is 2. The van der Waals surface area contributed by atoms with Gasteiger partial charge in [-0.3, -0.25) is 9.69 Å². The zero-order valence-corrected chi connectivity index (χ0v) is 14.7. The lowest BCUT2D eigenvalue weighted by Gasteiger charge is -2.15. The van der Waals surface area contributed by atoms with Crippen molar-refractivity contribution in [3.63, 3.8) is 0 Å². The van der Waals surface area contributed by atoms with Gasteiger partial charge in [-0.1, -0.05) is 67.3 Å². The van der Waals surface area contributed by atoms with Crippen LogP contribution >= 0.6 is 24.0 Å². The lowest BCUT2D eigenvalue weighted by molar-refractivity contribution is -0.113. The summed E-state index contributed by atoms with van der Waals surface area (Å²) >= 11 is 6.62. The number of hydrogen-bond acceptors (Lipinski definition) is 4. The maximum Gasteiger partial charge on any atom is 0.270 e. The van der Waals surface area contributed by atoms with Gasteiger partial charge in [-0.25, -0.2) is 0 Å². The molecule has 0 spiro atoms. The van der Waals surface area contributed by atoms with E-state index >= 15 is 0 Å². The van der Waals surface area contributed by atoms with Crippen molar-refractivity contribution in [1.82, 2.24) is 0 Å². The molecular weight excluding hydrogens is 336 g/mol. The predicted octanol–water partition coefficient (Wildman–Crippen LogP) is 4.53. The minimum atomic E-state index is -0.188. The van der Waals surface area contributed by atoms with E-state index in [0.717, 1.165) is 12.0 Å². The van der Waals surface area contributed by atoms with Crippen LogP contribution in [-0.4, -0.2) is 10.2 Å². The van der Waals surface area contributed by atoms with Crippen LogP contribution in [0.4, 0.5) is 5.69 Å². The van der Waals surface area contributed by atoms with Crippen LogP contribution < -0.4 is 4.90 Å². The van der Waals surface area contributed by atoms with Gasteiger partial charge in [-0.05, 0) is 35.8 Å². The summed E-state index contributed by atoms with van der Waals surface area (Å²) in [7, 11) is 0. The third-order valence-electron chi connectivity index (χ3n) is 3.74. The molecule has 0 radical (unpaired) electrons. The Morgan fingerprint density at radius 3 is 2.58 bits per heavy atom. The number of carbonyl (C=O) groups is 1. The number of anilines is 1. The fourth-order valence-electron chi connectivity index (χ4n) is 2.44. The minimum Gasteiger partial charge on any atom is -0.268 e. The van der Waals surface area contributed by atoms with Gasteiger partial charge in [0.2, 0.25) is 0 Å². The van der Waals surface area contributed by atoms with Crippen LogP contribution in [0.15, 0.2) is 53.4 Å². The highest BCUT2D eigenvalue weighted by molar-refractivity contribution is 8.27. The highest BCUT2D eigenvalue weighted by Gasteiger charge is 2.34. The Bertz CT molecular complexity index is 879. The second kappa shape index (κ2) is 7.00. The van der Waals surface area contributed by atoms with Gasteiger partial charge in [-0.2, -0.15) is 5.26 Å². The molecule has 0 N–H and O–H groups in total. The Labute approximate surface area is 150 Å². The molecule has 2 aromatic carbocycles. The van der Waals surface area contributed by atoms with E-state index in [-0.39, 0.29) is 5.91 Å². The molecule has 5 heteroatoms. The molecule has 1 aliphatic heterocycles. The summed E-state index contributed by atoms with van der Waals surface area (Å²) in [5.41, 5.74) is 3.18. The van der Waals surface area contributed by atoms with Crippen molar-refractivity contribution in [1.29, 1.82) is 5.26 Å². The lowest BCUT2D eigenvalue weighted by Crippen LogP contribution is -2.28. The van der Waals surface area contributed by atoms with Crippen molar-refractivity contribution in [3.8, 4) is 6.07 Å². The molecule has 118 valence electrons. The highest BCUT2D eigenvalue weighted by Crippen LogP contribution is 2.37. The van der Waals surface area contributed by atoms with Gasteiger partial charge in [0.15, 0.2) is 4.32 Å². The number of nitriles is 1. The van der Waals surface area contributed by atoms with Crippen LogP contribution in [-0.2, 0) is 11.2 Å². The average molecular weight is 350 g/mol. The molecule has 2 aromatic rings. The van der Waals surface area contributed by atoms with Crippen molar-refractivity contribution < 1.29 is 4.79 Å². The summed E-state index contributed by atoms with van der Waals surface area (Å²) in [4.78, 5) is 14.8. The monoisotopic (exact) mass is 350 g/mol. The molecule has 24 heavy (non-hydrogen) atoms. The van der Waals surface area contributed by atoms with Crippen molar-refractivity contribution in [2.75, 3.05) is 4.90 Å². The fraction of sp³-hybridized carbons (Fsp3) is 0.105. The van der Waals surface area contributed by atoms with Crippen LogP contribution in [0.2, 0.25) is 0 Å². The highest BCUT2D eigenvalue weighted by atomic mass is 32.2. The zero-order chi connectivity index (χ0) is 17.1. The Morgan fingerprint density at radius 1 is 1.21 bits per heavy atom. The maximum absolute atomic E-state index is 12.8. The average Bonchev–Trinajstić information content (AvgIpc) is 2.89. The van der Waals surface area contributed by atoms with Gasteiger partial charge >= 0.3 is 0 Å². The number of carbonyl (C=O) groups excluding carboxylic acids is 1. The molecule has 1 heterocycles. The van der Waals surface area contributed by atoms with E-state index in [1.165, 1.54) is 22.2 Å². The smallest absolute Gasteiger partial charge is 0.268 e. The van der Waals surface area contributed by atoms with Crippen LogP contribution in [0, 0.1) is 11.3 Å². The summed E-state index contributed by atoms with van der Waals surface area (Å²) in [6.07, 6.45) is 2.82. The molecule has 1 aliphatic rings. The molecule has 0 saturated carbocycles. The Balaban J connectivity index is 1.94. The number of rotatable bonds is 3. The molecule has 3 rings (SSSR count). The molecule has 0 unspecified atom stereocenters. The molecule has 0 bridgehead atoms. The quantitative estimate of drug-likeness (QED) is 0.603. The first-order valence-electron chi connectivity index (χ1n) is 7.50. The second-order valence-electron chi connectivity index (χ2n) is 5.24. The van der Waals surface area contributed by atoms with Crippen molar-refractivity contribution in [2.24, 2.45) is 0 Å². The third kappa shape index (κ3) is 3.12. The van der Waals surface area contributed by atoms with Crippen LogP contribution in [0.3, 0.4) is 0 Å².